The number of aldehydes is 1. The van der Waals surface area contributed by atoms with Gasteiger partial charge in [-0.1, -0.05) is 39.3 Å². The third-order valence-corrected chi connectivity index (χ3v) is 7.67. The monoisotopic (exact) mass is 388 g/mol. The van der Waals surface area contributed by atoms with E-state index in [2.05, 4.69) is 33.8 Å². The number of phenols is 2. The molecule has 0 heterocycles. The van der Waals surface area contributed by atoms with Crippen molar-refractivity contribution in [2.45, 2.75) is 66.1 Å². The van der Waals surface area contributed by atoms with Crippen LogP contribution in [0.2, 0.25) is 0 Å². The summed E-state index contributed by atoms with van der Waals surface area (Å²) in [6.07, 6.45) is 5.28. The van der Waals surface area contributed by atoms with E-state index in [1.165, 1.54) is 11.6 Å². The van der Waals surface area contributed by atoms with Gasteiger partial charge in [0.25, 0.3) is 0 Å². The number of carbonyl (C=O) groups is 1. The van der Waals surface area contributed by atoms with Gasteiger partial charge in [-0.3, -0.25) is 4.79 Å². The molecule has 1 aromatic carbocycles. The highest BCUT2D eigenvalue weighted by Crippen LogP contribution is 2.58. The van der Waals surface area contributed by atoms with Crippen molar-refractivity contribution in [3.63, 3.8) is 0 Å². The van der Waals surface area contributed by atoms with Gasteiger partial charge in [-0.05, 0) is 60.0 Å². The molecule has 4 atom stereocenters. The van der Waals surface area contributed by atoms with E-state index in [4.69, 9.17) is 0 Å². The predicted molar refractivity (Wildman–Crippen MR) is 107 cm³/mol. The zero-order chi connectivity index (χ0) is 20.9. The Bertz CT molecular complexity index is 810. The number of benzene rings is 1. The summed E-state index contributed by atoms with van der Waals surface area (Å²) in [6.45, 7) is 8.14. The maximum Gasteiger partial charge on any atom is 0.154 e. The molecule has 0 unspecified atom stereocenters. The number of fused-ring (bicyclic) bond motifs is 1. The Morgan fingerprint density at radius 2 is 1.89 bits per heavy atom. The zero-order valence-electron chi connectivity index (χ0n) is 17.2. The molecule has 0 saturated heterocycles. The minimum atomic E-state index is -0.428. The first-order chi connectivity index (χ1) is 13.1. The van der Waals surface area contributed by atoms with E-state index in [0.717, 1.165) is 12.8 Å². The van der Waals surface area contributed by atoms with Crippen LogP contribution < -0.4 is 0 Å². The number of rotatable bonds is 4. The van der Waals surface area contributed by atoms with Gasteiger partial charge in [0.2, 0.25) is 0 Å². The third kappa shape index (κ3) is 3.05. The van der Waals surface area contributed by atoms with Crippen molar-refractivity contribution < 1.29 is 25.2 Å². The van der Waals surface area contributed by atoms with Crippen LogP contribution in [-0.4, -0.2) is 32.8 Å². The number of hydrogen-bond donors (Lipinski definition) is 4. The molecule has 1 fully saturated rings. The van der Waals surface area contributed by atoms with Crippen LogP contribution in [0.1, 0.15) is 68.4 Å². The second-order valence-corrected chi connectivity index (χ2v) is 9.43. The quantitative estimate of drug-likeness (QED) is 0.466. The molecule has 2 aliphatic rings. The Morgan fingerprint density at radius 1 is 1.21 bits per heavy atom. The Hall–Kier alpha value is -1.85. The fourth-order valence-electron chi connectivity index (χ4n) is 5.34. The minimum absolute atomic E-state index is 0.0345. The fraction of sp³-hybridized carbons (Fsp3) is 0.609. The maximum absolute atomic E-state index is 11.5. The van der Waals surface area contributed by atoms with Gasteiger partial charge in [-0.2, -0.15) is 0 Å². The lowest BCUT2D eigenvalue weighted by molar-refractivity contribution is -0.0192. The first kappa shape index (κ1) is 20.9. The van der Waals surface area contributed by atoms with Gasteiger partial charge < -0.3 is 20.4 Å². The molecule has 0 amide bonds. The first-order valence-electron chi connectivity index (χ1n) is 10.1. The molecule has 0 spiro atoms. The van der Waals surface area contributed by atoms with E-state index < -0.39 is 6.61 Å². The number of aliphatic hydroxyl groups is 2. The van der Waals surface area contributed by atoms with E-state index in [1.54, 1.807) is 0 Å². The van der Waals surface area contributed by atoms with E-state index in [9.17, 15) is 25.2 Å². The summed E-state index contributed by atoms with van der Waals surface area (Å²) in [4.78, 5) is 11.5. The van der Waals surface area contributed by atoms with Crippen molar-refractivity contribution in [2.24, 2.45) is 22.7 Å². The predicted octanol–water partition coefficient (Wildman–Crippen LogP) is 3.71. The molecular formula is C23H32O5. The van der Waals surface area contributed by atoms with E-state index in [0.29, 0.717) is 30.6 Å². The van der Waals surface area contributed by atoms with Crippen LogP contribution in [-0.2, 0) is 13.0 Å². The molecule has 0 radical (unpaired) electrons. The van der Waals surface area contributed by atoms with Crippen LogP contribution in [0.4, 0.5) is 0 Å². The molecule has 5 nitrogen and oxygen atoms in total. The van der Waals surface area contributed by atoms with Crippen molar-refractivity contribution in [1.82, 2.24) is 0 Å². The molecular weight excluding hydrogens is 356 g/mol. The smallest absolute Gasteiger partial charge is 0.154 e. The number of aromatic hydroxyl groups is 2. The second kappa shape index (κ2) is 7.20. The van der Waals surface area contributed by atoms with Gasteiger partial charge in [0.15, 0.2) is 6.29 Å². The first-order valence-corrected chi connectivity index (χ1v) is 10.1. The summed E-state index contributed by atoms with van der Waals surface area (Å²) in [6, 6.07) is 1.37. The lowest BCUT2D eigenvalue weighted by Crippen LogP contribution is -2.48. The van der Waals surface area contributed by atoms with Crippen molar-refractivity contribution in [3.8, 4) is 11.5 Å². The largest absolute Gasteiger partial charge is 0.508 e. The molecule has 0 aliphatic heterocycles. The van der Waals surface area contributed by atoms with Crippen LogP contribution in [0.5, 0.6) is 11.5 Å². The number of allylic oxidation sites excluding steroid dienone is 1. The Kier molecular flexibility index (Phi) is 5.36. The lowest BCUT2D eigenvalue weighted by Gasteiger charge is -2.54. The lowest BCUT2D eigenvalue weighted by atomic mass is 9.51. The molecule has 1 saturated carbocycles. The summed E-state index contributed by atoms with van der Waals surface area (Å²) in [5.74, 6) is 0.213. The summed E-state index contributed by atoms with van der Waals surface area (Å²) in [7, 11) is 0. The van der Waals surface area contributed by atoms with E-state index in [-0.39, 0.29) is 45.5 Å². The number of hydrogen-bond acceptors (Lipinski definition) is 5. The zero-order valence-corrected chi connectivity index (χ0v) is 17.2. The van der Waals surface area contributed by atoms with Crippen LogP contribution in [0.25, 0.3) is 0 Å². The average Bonchev–Trinajstić information content (AvgIpc) is 2.64. The summed E-state index contributed by atoms with van der Waals surface area (Å²) >= 11 is 0. The molecule has 3 rings (SSSR count). The van der Waals surface area contributed by atoms with E-state index >= 15 is 0 Å². The number of aliphatic hydroxyl groups excluding tert-OH is 2. The molecule has 2 aliphatic carbocycles. The summed E-state index contributed by atoms with van der Waals surface area (Å²) in [5.41, 5.74) is 1.33. The SMILES string of the molecule is C[C@@H]1CC[C@@H]2C(=CC[C@H](O)C2(C)C)[C@]1(C)Cc1c(O)cc(CO)c(C=O)c1O. The van der Waals surface area contributed by atoms with Crippen LogP contribution >= 0.6 is 0 Å². The van der Waals surface area contributed by atoms with Crippen molar-refractivity contribution in [2.75, 3.05) is 0 Å². The normalized spacial score (nSPS) is 31.8. The Balaban J connectivity index is 2.09. The molecule has 5 heteroatoms. The number of phenolic OH excluding ortho intramolecular Hbond substituents is 2. The van der Waals surface area contributed by atoms with Gasteiger partial charge in [-0.25, -0.2) is 0 Å². The van der Waals surface area contributed by atoms with Gasteiger partial charge in [0.05, 0.1) is 18.3 Å². The van der Waals surface area contributed by atoms with Crippen LogP contribution in [0, 0.1) is 22.7 Å². The van der Waals surface area contributed by atoms with Gasteiger partial charge in [0.1, 0.15) is 11.5 Å². The molecule has 154 valence electrons. The van der Waals surface area contributed by atoms with Gasteiger partial charge in [-0.15, -0.1) is 0 Å². The second-order valence-electron chi connectivity index (χ2n) is 9.43. The topological polar surface area (TPSA) is 98.0 Å². The van der Waals surface area contributed by atoms with E-state index in [1.807, 2.05) is 0 Å². The molecule has 28 heavy (non-hydrogen) atoms. The summed E-state index contributed by atoms with van der Waals surface area (Å²) < 4.78 is 0. The highest BCUT2D eigenvalue weighted by Gasteiger charge is 2.51. The van der Waals surface area contributed by atoms with Gasteiger partial charge in [0, 0.05) is 5.56 Å². The Labute approximate surface area is 166 Å². The average molecular weight is 389 g/mol. The standard InChI is InChI=1S/C23H32O5/c1-13-5-6-17-18(7-8-20(27)22(17,2)3)23(13,4)10-15-19(26)9-14(11-24)16(12-25)21(15)28/h7,9,12-13,17,20,24,26-28H,5-6,8,10-11H2,1-4H3/t13-,17-,20+,23-/m1/s1. The highest BCUT2D eigenvalue weighted by atomic mass is 16.3. The summed E-state index contributed by atoms with van der Waals surface area (Å²) in [5, 5.41) is 41.2. The third-order valence-electron chi connectivity index (χ3n) is 7.67. The number of carbonyl (C=O) groups excluding carboxylic acids is 1. The van der Waals surface area contributed by atoms with Crippen LogP contribution in [0.3, 0.4) is 0 Å². The van der Waals surface area contributed by atoms with Crippen molar-refractivity contribution in [3.05, 3.63) is 34.4 Å². The highest BCUT2D eigenvalue weighted by molar-refractivity contribution is 5.83. The molecule has 0 bridgehead atoms. The Morgan fingerprint density at radius 3 is 2.50 bits per heavy atom. The molecule has 1 aromatic rings. The minimum Gasteiger partial charge on any atom is -0.508 e. The van der Waals surface area contributed by atoms with Crippen molar-refractivity contribution in [1.29, 1.82) is 0 Å². The maximum atomic E-state index is 11.5. The van der Waals surface area contributed by atoms with Crippen LogP contribution in [0.15, 0.2) is 17.7 Å². The molecule has 0 aromatic heterocycles. The van der Waals surface area contributed by atoms with Crippen molar-refractivity contribution >= 4 is 6.29 Å². The van der Waals surface area contributed by atoms with Gasteiger partial charge >= 0.3 is 0 Å². The molecule has 4 N–H and O–H groups in total. The fourth-order valence-corrected chi connectivity index (χ4v) is 5.34.